The number of hydrogen-bond acceptors (Lipinski definition) is 3. The smallest absolute Gasteiger partial charge is 0.225 e. The molecule has 0 saturated heterocycles. The Kier molecular flexibility index (Phi) is 7.54. The van der Waals surface area contributed by atoms with Crippen molar-refractivity contribution in [1.29, 1.82) is 0 Å². The zero-order valence-electron chi connectivity index (χ0n) is 9.23. The number of rotatable bonds is 5. The van der Waals surface area contributed by atoms with E-state index in [1.165, 1.54) is 0 Å². The number of benzene rings is 1. The normalized spacial score (nSPS) is 9.38. The number of methoxy groups -OCH3 is 1. The van der Waals surface area contributed by atoms with Crippen molar-refractivity contribution < 1.29 is 9.53 Å². The van der Waals surface area contributed by atoms with Crippen molar-refractivity contribution in [2.45, 2.75) is 13.0 Å². The maximum atomic E-state index is 11.3. The van der Waals surface area contributed by atoms with E-state index >= 15 is 0 Å². The van der Waals surface area contributed by atoms with Crippen LogP contribution in [0.15, 0.2) is 24.3 Å². The molecular formula is C11H17ClN2O2. The third-order valence-corrected chi connectivity index (χ3v) is 1.89. The molecule has 90 valence electrons. The minimum Gasteiger partial charge on any atom is -0.380 e. The van der Waals surface area contributed by atoms with Gasteiger partial charge in [-0.05, 0) is 17.7 Å². The van der Waals surface area contributed by atoms with Crippen LogP contribution in [0.4, 0.5) is 5.69 Å². The van der Waals surface area contributed by atoms with Crippen LogP contribution >= 0.6 is 12.4 Å². The highest BCUT2D eigenvalue weighted by Gasteiger charge is 2.01. The summed E-state index contributed by atoms with van der Waals surface area (Å²) in [6, 6.07) is 7.56. The molecule has 0 aliphatic rings. The summed E-state index contributed by atoms with van der Waals surface area (Å²) in [5, 5.41) is 2.77. The molecule has 3 N–H and O–H groups in total. The third kappa shape index (κ3) is 5.11. The molecule has 0 aliphatic carbocycles. The molecule has 4 nitrogen and oxygen atoms in total. The van der Waals surface area contributed by atoms with Crippen LogP contribution in [0.5, 0.6) is 0 Å². The predicted molar refractivity (Wildman–Crippen MR) is 66.7 cm³/mol. The van der Waals surface area contributed by atoms with Crippen LogP contribution in [0.25, 0.3) is 0 Å². The molecule has 5 heteroatoms. The fourth-order valence-corrected chi connectivity index (χ4v) is 1.26. The molecule has 0 bridgehead atoms. The zero-order chi connectivity index (χ0) is 11.1. The Balaban J connectivity index is 0.00000225. The minimum atomic E-state index is -0.0629. The Hall–Kier alpha value is -1.10. The second-order valence-corrected chi connectivity index (χ2v) is 3.22. The second-order valence-electron chi connectivity index (χ2n) is 3.22. The lowest BCUT2D eigenvalue weighted by molar-refractivity contribution is -0.116. The summed E-state index contributed by atoms with van der Waals surface area (Å²) < 4.78 is 5.00. The Morgan fingerprint density at radius 2 is 2.25 bits per heavy atom. The summed E-state index contributed by atoms with van der Waals surface area (Å²) >= 11 is 0. The van der Waals surface area contributed by atoms with Crippen molar-refractivity contribution in [1.82, 2.24) is 0 Å². The fraction of sp³-hybridized carbons (Fsp3) is 0.364. The van der Waals surface area contributed by atoms with Crippen LogP contribution in [0, 0.1) is 0 Å². The number of amides is 1. The Morgan fingerprint density at radius 1 is 1.50 bits per heavy atom. The Labute approximate surface area is 102 Å². The molecule has 0 unspecified atom stereocenters. The van der Waals surface area contributed by atoms with E-state index < -0.39 is 0 Å². The molecule has 0 aliphatic heterocycles. The van der Waals surface area contributed by atoms with Gasteiger partial charge in [0.25, 0.3) is 0 Å². The van der Waals surface area contributed by atoms with Gasteiger partial charge < -0.3 is 15.8 Å². The molecule has 16 heavy (non-hydrogen) atoms. The first-order valence-electron chi connectivity index (χ1n) is 4.84. The number of carbonyl (C=O) groups is 1. The lowest BCUT2D eigenvalue weighted by Crippen LogP contribution is -2.16. The summed E-state index contributed by atoms with van der Waals surface area (Å²) in [5.74, 6) is -0.0629. The number of hydrogen-bond donors (Lipinski definition) is 2. The lowest BCUT2D eigenvalue weighted by atomic mass is 10.2. The number of nitrogens with one attached hydrogen (secondary N) is 1. The number of halogens is 1. The molecule has 1 aromatic carbocycles. The van der Waals surface area contributed by atoms with E-state index in [-0.39, 0.29) is 18.3 Å². The summed E-state index contributed by atoms with van der Waals surface area (Å²) in [7, 11) is 1.64. The summed E-state index contributed by atoms with van der Waals surface area (Å²) in [6.45, 7) is 0.907. The van der Waals surface area contributed by atoms with Gasteiger partial charge in [0.2, 0.25) is 5.91 Å². The molecule has 1 aromatic rings. The van der Waals surface area contributed by atoms with Crippen molar-refractivity contribution in [2.24, 2.45) is 5.73 Å². The summed E-state index contributed by atoms with van der Waals surface area (Å²) in [5.41, 5.74) is 7.09. The van der Waals surface area contributed by atoms with Crippen LogP contribution in [-0.4, -0.2) is 19.6 Å². The Morgan fingerprint density at radius 3 is 2.88 bits per heavy atom. The van der Waals surface area contributed by atoms with Crippen LogP contribution in [0.1, 0.15) is 12.0 Å². The van der Waals surface area contributed by atoms with Gasteiger partial charge in [0, 0.05) is 25.8 Å². The third-order valence-electron chi connectivity index (χ3n) is 1.89. The van der Waals surface area contributed by atoms with E-state index in [0.717, 1.165) is 11.3 Å². The fourth-order valence-electron chi connectivity index (χ4n) is 1.26. The van der Waals surface area contributed by atoms with E-state index in [1.54, 1.807) is 7.11 Å². The maximum Gasteiger partial charge on any atom is 0.225 e. The van der Waals surface area contributed by atoms with E-state index in [9.17, 15) is 4.79 Å². The molecular weight excluding hydrogens is 228 g/mol. The highest BCUT2D eigenvalue weighted by atomic mass is 35.5. The number of ether oxygens (including phenoxy) is 1. The lowest BCUT2D eigenvalue weighted by Gasteiger charge is -2.06. The molecule has 0 fully saturated rings. The summed E-state index contributed by atoms with van der Waals surface area (Å²) in [6.07, 6.45) is 0.342. The van der Waals surface area contributed by atoms with Crippen molar-refractivity contribution >= 4 is 24.0 Å². The standard InChI is InChI=1S/C11H16N2O2.ClH/c1-15-8-9-3-2-4-10(7-9)13-11(14)5-6-12;/h2-4,7H,5-6,8,12H2,1H3,(H,13,14);1H. The van der Waals surface area contributed by atoms with E-state index in [0.29, 0.717) is 19.6 Å². The number of nitrogens with two attached hydrogens (primary N) is 1. The van der Waals surface area contributed by atoms with Crippen LogP contribution in [0.2, 0.25) is 0 Å². The van der Waals surface area contributed by atoms with Gasteiger partial charge in [-0.3, -0.25) is 4.79 Å². The van der Waals surface area contributed by atoms with E-state index in [1.807, 2.05) is 24.3 Å². The van der Waals surface area contributed by atoms with Crippen LogP contribution in [-0.2, 0) is 16.1 Å². The molecule has 0 aromatic heterocycles. The first-order chi connectivity index (χ1) is 7.26. The quantitative estimate of drug-likeness (QED) is 0.826. The van der Waals surface area contributed by atoms with Crippen molar-refractivity contribution in [3.8, 4) is 0 Å². The van der Waals surface area contributed by atoms with Crippen molar-refractivity contribution in [3.05, 3.63) is 29.8 Å². The minimum absolute atomic E-state index is 0. The molecule has 1 amide bonds. The molecule has 0 saturated carbocycles. The maximum absolute atomic E-state index is 11.3. The van der Waals surface area contributed by atoms with Gasteiger partial charge in [0.05, 0.1) is 6.61 Å². The highest BCUT2D eigenvalue weighted by Crippen LogP contribution is 2.11. The number of anilines is 1. The largest absolute Gasteiger partial charge is 0.380 e. The van der Waals surface area contributed by atoms with Gasteiger partial charge in [-0.15, -0.1) is 12.4 Å². The molecule has 0 heterocycles. The number of carbonyl (C=O) groups excluding carboxylic acids is 1. The topological polar surface area (TPSA) is 64.3 Å². The monoisotopic (exact) mass is 244 g/mol. The van der Waals surface area contributed by atoms with Gasteiger partial charge in [-0.25, -0.2) is 0 Å². The molecule has 1 rings (SSSR count). The molecule has 0 atom stereocenters. The predicted octanol–water partition coefficient (Wildman–Crippen LogP) is 1.54. The first-order valence-corrected chi connectivity index (χ1v) is 4.84. The van der Waals surface area contributed by atoms with Gasteiger partial charge in [0.1, 0.15) is 0 Å². The highest BCUT2D eigenvalue weighted by molar-refractivity contribution is 5.90. The first kappa shape index (κ1) is 14.9. The van der Waals surface area contributed by atoms with Gasteiger partial charge >= 0.3 is 0 Å². The zero-order valence-corrected chi connectivity index (χ0v) is 10.0. The SMILES string of the molecule is COCc1cccc(NC(=O)CCN)c1.Cl. The average Bonchev–Trinajstić information content (AvgIpc) is 2.19. The van der Waals surface area contributed by atoms with Gasteiger partial charge in [-0.1, -0.05) is 12.1 Å². The average molecular weight is 245 g/mol. The Bertz CT molecular complexity index is 332. The molecule has 0 radical (unpaired) electrons. The van der Waals surface area contributed by atoms with Crippen LogP contribution < -0.4 is 11.1 Å². The van der Waals surface area contributed by atoms with Crippen molar-refractivity contribution in [2.75, 3.05) is 19.0 Å². The van der Waals surface area contributed by atoms with Gasteiger partial charge in [-0.2, -0.15) is 0 Å². The van der Waals surface area contributed by atoms with E-state index in [4.69, 9.17) is 10.5 Å². The van der Waals surface area contributed by atoms with Crippen LogP contribution in [0.3, 0.4) is 0 Å². The van der Waals surface area contributed by atoms with Gasteiger partial charge in [0.15, 0.2) is 0 Å². The van der Waals surface area contributed by atoms with Crippen molar-refractivity contribution in [3.63, 3.8) is 0 Å². The second kappa shape index (κ2) is 8.10. The summed E-state index contributed by atoms with van der Waals surface area (Å²) in [4.78, 5) is 11.3. The van der Waals surface area contributed by atoms with E-state index in [2.05, 4.69) is 5.32 Å². The molecule has 0 spiro atoms.